The van der Waals surface area contributed by atoms with Crippen molar-refractivity contribution in [3.05, 3.63) is 62.6 Å². The lowest BCUT2D eigenvalue weighted by molar-refractivity contribution is -0.385. The molecule has 0 amide bonds. The van der Waals surface area contributed by atoms with Crippen molar-refractivity contribution in [3.63, 3.8) is 0 Å². The molecular formula is C15H15BrN2O2S. The summed E-state index contributed by atoms with van der Waals surface area (Å²) in [6, 6.07) is 13.2. The third-order valence-corrected chi connectivity index (χ3v) is 4.50. The highest BCUT2D eigenvalue weighted by Crippen LogP contribution is 2.28. The van der Waals surface area contributed by atoms with Gasteiger partial charge in [-0.3, -0.25) is 10.1 Å². The average molecular weight is 367 g/mol. The molecule has 0 aromatic heterocycles. The zero-order valence-corrected chi connectivity index (χ0v) is 13.9. The number of halogens is 1. The molecule has 2 rings (SSSR count). The van der Waals surface area contributed by atoms with Gasteiger partial charge in [0, 0.05) is 23.2 Å². The van der Waals surface area contributed by atoms with Crippen LogP contribution in [0.3, 0.4) is 0 Å². The second-order valence-electron chi connectivity index (χ2n) is 4.33. The molecule has 0 radical (unpaired) electrons. The molecule has 21 heavy (non-hydrogen) atoms. The number of benzene rings is 2. The summed E-state index contributed by atoms with van der Waals surface area (Å²) in [5, 5.41) is 14.3. The monoisotopic (exact) mass is 366 g/mol. The van der Waals surface area contributed by atoms with Crippen molar-refractivity contribution in [3.8, 4) is 0 Å². The van der Waals surface area contributed by atoms with Crippen molar-refractivity contribution >= 4 is 39.1 Å². The average Bonchev–Trinajstić information content (AvgIpc) is 2.47. The summed E-state index contributed by atoms with van der Waals surface area (Å²) in [4.78, 5) is 11.7. The van der Waals surface area contributed by atoms with E-state index in [1.165, 1.54) is 4.90 Å². The van der Waals surface area contributed by atoms with E-state index in [9.17, 15) is 10.1 Å². The zero-order valence-electron chi connectivity index (χ0n) is 11.5. The van der Waals surface area contributed by atoms with Crippen molar-refractivity contribution in [2.75, 3.05) is 11.1 Å². The number of nitro groups is 1. The summed E-state index contributed by atoms with van der Waals surface area (Å²) in [6.45, 7) is 2.66. The summed E-state index contributed by atoms with van der Waals surface area (Å²) in [6.07, 6.45) is 0. The maximum atomic E-state index is 10.9. The molecule has 2 aromatic carbocycles. The van der Waals surface area contributed by atoms with E-state index in [0.717, 1.165) is 17.0 Å². The molecule has 0 bridgehead atoms. The minimum Gasteiger partial charge on any atom is -0.380 e. The van der Waals surface area contributed by atoms with Crippen molar-refractivity contribution in [2.24, 2.45) is 0 Å². The Balaban J connectivity index is 2.13. The van der Waals surface area contributed by atoms with Crippen LogP contribution in [0.2, 0.25) is 0 Å². The molecule has 0 saturated carbocycles. The van der Waals surface area contributed by atoms with Crippen LogP contribution in [0.1, 0.15) is 12.5 Å². The van der Waals surface area contributed by atoms with Gasteiger partial charge in [0.2, 0.25) is 0 Å². The van der Waals surface area contributed by atoms with Crippen LogP contribution in [0.25, 0.3) is 0 Å². The summed E-state index contributed by atoms with van der Waals surface area (Å²) in [5.74, 6) is 1.00. The van der Waals surface area contributed by atoms with E-state index in [2.05, 4.69) is 34.2 Å². The van der Waals surface area contributed by atoms with Crippen molar-refractivity contribution in [1.29, 1.82) is 0 Å². The molecule has 0 aliphatic heterocycles. The van der Waals surface area contributed by atoms with Crippen molar-refractivity contribution < 1.29 is 4.92 Å². The topological polar surface area (TPSA) is 55.2 Å². The fourth-order valence-electron chi connectivity index (χ4n) is 1.90. The molecule has 0 spiro atoms. The molecule has 0 aliphatic rings. The molecule has 4 nitrogen and oxygen atoms in total. The molecule has 0 saturated heterocycles. The van der Waals surface area contributed by atoms with Gasteiger partial charge in [0.05, 0.1) is 9.40 Å². The quantitative estimate of drug-likeness (QED) is 0.439. The largest absolute Gasteiger partial charge is 0.380 e. The lowest BCUT2D eigenvalue weighted by Crippen LogP contribution is -2.01. The predicted octanol–water partition coefficient (Wildman–Crippen LogP) is 5.08. The summed E-state index contributed by atoms with van der Waals surface area (Å²) in [5.41, 5.74) is 2.02. The van der Waals surface area contributed by atoms with Gasteiger partial charge in [0.1, 0.15) is 0 Å². The van der Waals surface area contributed by atoms with Crippen LogP contribution in [0.5, 0.6) is 0 Å². The normalized spacial score (nSPS) is 10.4. The molecule has 0 heterocycles. The van der Waals surface area contributed by atoms with Crippen molar-refractivity contribution in [1.82, 2.24) is 0 Å². The number of para-hydroxylation sites is 1. The van der Waals surface area contributed by atoms with Crippen LogP contribution in [0.4, 0.5) is 11.4 Å². The van der Waals surface area contributed by atoms with Gasteiger partial charge in [-0.05, 0) is 45.4 Å². The molecule has 2 aromatic rings. The standard InChI is InChI=1S/C15H15BrN2O2S/c1-2-21-15-6-4-3-5-13(15)17-10-11-7-8-12(16)14(9-11)18(19)20/h3-9,17H,2,10H2,1H3. The van der Waals surface area contributed by atoms with Crippen LogP contribution in [0.15, 0.2) is 51.8 Å². The van der Waals surface area contributed by atoms with Gasteiger partial charge >= 0.3 is 0 Å². The van der Waals surface area contributed by atoms with Gasteiger partial charge in [-0.25, -0.2) is 0 Å². The molecule has 0 atom stereocenters. The van der Waals surface area contributed by atoms with Crippen LogP contribution < -0.4 is 5.32 Å². The van der Waals surface area contributed by atoms with Crippen molar-refractivity contribution in [2.45, 2.75) is 18.4 Å². The van der Waals surface area contributed by atoms with E-state index >= 15 is 0 Å². The van der Waals surface area contributed by atoms with Crippen LogP contribution in [-0.4, -0.2) is 10.7 Å². The SMILES string of the molecule is CCSc1ccccc1NCc1ccc(Br)c([N+](=O)[O-])c1. The summed E-state index contributed by atoms with van der Waals surface area (Å²) in [7, 11) is 0. The Labute approximate surface area is 136 Å². The Morgan fingerprint density at radius 3 is 2.76 bits per heavy atom. The first-order valence-corrected chi connectivity index (χ1v) is 8.28. The number of nitrogens with zero attached hydrogens (tertiary/aromatic N) is 1. The Bertz CT molecular complexity index is 649. The molecule has 1 N–H and O–H groups in total. The maximum absolute atomic E-state index is 10.9. The minimum absolute atomic E-state index is 0.0884. The third-order valence-electron chi connectivity index (χ3n) is 2.88. The molecule has 6 heteroatoms. The highest BCUT2D eigenvalue weighted by atomic mass is 79.9. The number of hydrogen-bond donors (Lipinski definition) is 1. The Kier molecular flexibility index (Phi) is 5.64. The lowest BCUT2D eigenvalue weighted by Gasteiger charge is -2.11. The lowest BCUT2D eigenvalue weighted by atomic mass is 10.2. The Morgan fingerprint density at radius 2 is 2.05 bits per heavy atom. The van der Waals surface area contributed by atoms with Crippen LogP contribution in [-0.2, 0) is 6.54 Å². The second kappa shape index (κ2) is 7.47. The van der Waals surface area contributed by atoms with E-state index in [0.29, 0.717) is 11.0 Å². The van der Waals surface area contributed by atoms with E-state index in [4.69, 9.17) is 0 Å². The highest BCUT2D eigenvalue weighted by molar-refractivity contribution is 9.10. The van der Waals surface area contributed by atoms with Gasteiger partial charge in [0.15, 0.2) is 0 Å². The maximum Gasteiger partial charge on any atom is 0.283 e. The third kappa shape index (κ3) is 4.22. The first kappa shape index (κ1) is 15.9. The van der Waals surface area contributed by atoms with Gasteiger partial charge in [-0.15, -0.1) is 11.8 Å². The van der Waals surface area contributed by atoms with Crippen LogP contribution >= 0.6 is 27.7 Å². The fraction of sp³-hybridized carbons (Fsp3) is 0.200. The fourth-order valence-corrected chi connectivity index (χ4v) is 3.07. The number of nitro benzene ring substituents is 1. The van der Waals surface area contributed by atoms with Crippen LogP contribution in [0, 0.1) is 10.1 Å². The van der Waals surface area contributed by atoms with E-state index in [1.54, 1.807) is 23.9 Å². The molecule has 0 unspecified atom stereocenters. The molecule has 0 aliphatic carbocycles. The predicted molar refractivity (Wildman–Crippen MR) is 91.0 cm³/mol. The number of anilines is 1. The van der Waals surface area contributed by atoms with Gasteiger partial charge in [-0.2, -0.15) is 0 Å². The number of rotatable bonds is 6. The summed E-state index contributed by atoms with van der Waals surface area (Å²) >= 11 is 4.96. The van der Waals surface area contributed by atoms with E-state index in [1.807, 2.05) is 24.3 Å². The Hall–Kier alpha value is -1.53. The minimum atomic E-state index is -0.380. The van der Waals surface area contributed by atoms with Gasteiger partial charge in [-0.1, -0.05) is 25.1 Å². The van der Waals surface area contributed by atoms with Gasteiger partial charge < -0.3 is 5.32 Å². The first-order chi connectivity index (χ1) is 10.1. The number of thioether (sulfide) groups is 1. The molecule has 0 fully saturated rings. The summed E-state index contributed by atoms with van der Waals surface area (Å²) < 4.78 is 0.498. The Morgan fingerprint density at radius 1 is 1.29 bits per heavy atom. The molecule has 110 valence electrons. The number of hydrogen-bond acceptors (Lipinski definition) is 4. The van der Waals surface area contributed by atoms with E-state index in [-0.39, 0.29) is 10.6 Å². The second-order valence-corrected chi connectivity index (χ2v) is 6.49. The smallest absolute Gasteiger partial charge is 0.283 e. The first-order valence-electron chi connectivity index (χ1n) is 6.50. The van der Waals surface area contributed by atoms with Gasteiger partial charge in [0.25, 0.3) is 5.69 Å². The molecular weight excluding hydrogens is 352 g/mol. The zero-order chi connectivity index (χ0) is 15.2. The highest BCUT2D eigenvalue weighted by Gasteiger charge is 2.12. The van der Waals surface area contributed by atoms with E-state index < -0.39 is 0 Å². The number of nitrogens with one attached hydrogen (secondary N) is 1.